The third-order valence-corrected chi connectivity index (χ3v) is 4.12. The monoisotopic (exact) mass is 363 g/mol. The molecule has 0 bridgehead atoms. The van der Waals surface area contributed by atoms with Crippen LogP contribution in [0.1, 0.15) is 12.5 Å². The molecule has 0 fully saturated rings. The quantitative estimate of drug-likeness (QED) is 0.462. The zero-order valence-corrected chi connectivity index (χ0v) is 15.1. The number of hydrogen-bond acceptors (Lipinski definition) is 5. The number of ether oxygens (including phenoxy) is 1. The SMILES string of the molecule is COc1cc(/C=N/NC(=O)[C@@H](C)Nc2ccc3ccccc3c2)ccc1O. The molecule has 0 radical (unpaired) electrons. The molecular formula is C21H21N3O3. The number of fused-ring (bicyclic) bond motifs is 1. The fourth-order valence-electron chi connectivity index (χ4n) is 2.64. The van der Waals surface area contributed by atoms with Gasteiger partial charge in [-0.15, -0.1) is 0 Å². The largest absolute Gasteiger partial charge is 0.504 e. The number of carbonyl (C=O) groups is 1. The van der Waals surface area contributed by atoms with Gasteiger partial charge in [-0.2, -0.15) is 5.10 Å². The number of rotatable bonds is 6. The molecule has 3 aromatic carbocycles. The van der Waals surface area contributed by atoms with Crippen LogP contribution in [0.25, 0.3) is 10.8 Å². The normalized spacial score (nSPS) is 12.1. The molecule has 6 heteroatoms. The Morgan fingerprint density at radius 3 is 2.67 bits per heavy atom. The van der Waals surface area contributed by atoms with Crippen LogP contribution in [-0.2, 0) is 4.79 Å². The van der Waals surface area contributed by atoms with E-state index in [0.29, 0.717) is 11.3 Å². The van der Waals surface area contributed by atoms with E-state index in [2.05, 4.69) is 15.8 Å². The van der Waals surface area contributed by atoms with Gasteiger partial charge in [-0.25, -0.2) is 5.43 Å². The van der Waals surface area contributed by atoms with Crippen LogP contribution >= 0.6 is 0 Å². The van der Waals surface area contributed by atoms with Crippen molar-refractivity contribution in [1.29, 1.82) is 0 Å². The Hall–Kier alpha value is -3.54. The van der Waals surface area contributed by atoms with Crippen molar-refractivity contribution in [1.82, 2.24) is 5.43 Å². The van der Waals surface area contributed by atoms with Gasteiger partial charge >= 0.3 is 0 Å². The summed E-state index contributed by atoms with van der Waals surface area (Å²) < 4.78 is 5.04. The summed E-state index contributed by atoms with van der Waals surface area (Å²) in [5, 5.41) is 19.0. The van der Waals surface area contributed by atoms with E-state index in [1.54, 1.807) is 19.1 Å². The van der Waals surface area contributed by atoms with Crippen molar-refractivity contribution in [2.75, 3.05) is 12.4 Å². The van der Waals surface area contributed by atoms with Gasteiger partial charge in [-0.3, -0.25) is 4.79 Å². The van der Waals surface area contributed by atoms with E-state index in [1.165, 1.54) is 19.4 Å². The maximum atomic E-state index is 12.2. The van der Waals surface area contributed by atoms with Crippen LogP contribution in [0.3, 0.4) is 0 Å². The molecule has 1 amide bonds. The van der Waals surface area contributed by atoms with E-state index in [0.717, 1.165) is 16.5 Å². The van der Waals surface area contributed by atoms with E-state index in [1.807, 2.05) is 42.5 Å². The number of methoxy groups -OCH3 is 1. The van der Waals surface area contributed by atoms with Gasteiger partial charge in [-0.1, -0.05) is 30.3 Å². The molecule has 0 aromatic heterocycles. The lowest BCUT2D eigenvalue weighted by molar-refractivity contribution is -0.121. The fourth-order valence-corrected chi connectivity index (χ4v) is 2.64. The van der Waals surface area contributed by atoms with Gasteiger partial charge in [0.1, 0.15) is 6.04 Å². The second-order valence-corrected chi connectivity index (χ2v) is 6.09. The molecule has 0 unspecified atom stereocenters. The summed E-state index contributed by atoms with van der Waals surface area (Å²) in [6.07, 6.45) is 1.49. The van der Waals surface area contributed by atoms with Crippen LogP contribution in [0, 0.1) is 0 Å². The summed E-state index contributed by atoms with van der Waals surface area (Å²) in [6, 6.07) is 18.4. The number of aromatic hydroxyl groups is 1. The van der Waals surface area contributed by atoms with E-state index < -0.39 is 6.04 Å². The van der Waals surface area contributed by atoms with Crippen LogP contribution in [-0.4, -0.2) is 30.4 Å². The van der Waals surface area contributed by atoms with Crippen LogP contribution in [0.15, 0.2) is 65.8 Å². The molecule has 0 saturated carbocycles. The number of phenols is 1. The first-order valence-electron chi connectivity index (χ1n) is 8.52. The highest BCUT2D eigenvalue weighted by Gasteiger charge is 2.12. The summed E-state index contributed by atoms with van der Waals surface area (Å²) in [5.41, 5.74) is 4.06. The smallest absolute Gasteiger partial charge is 0.262 e. The number of phenolic OH excluding ortho intramolecular Hbond substituents is 1. The fraction of sp³-hybridized carbons (Fsp3) is 0.143. The summed E-state index contributed by atoms with van der Waals surface area (Å²) in [6.45, 7) is 1.77. The Morgan fingerprint density at radius 2 is 1.89 bits per heavy atom. The second-order valence-electron chi connectivity index (χ2n) is 6.09. The second kappa shape index (κ2) is 8.23. The van der Waals surface area contributed by atoms with E-state index in [4.69, 9.17) is 4.74 Å². The summed E-state index contributed by atoms with van der Waals surface area (Å²) >= 11 is 0. The van der Waals surface area contributed by atoms with Crippen LogP contribution in [0.5, 0.6) is 11.5 Å². The van der Waals surface area contributed by atoms with E-state index in [9.17, 15) is 9.90 Å². The third-order valence-electron chi connectivity index (χ3n) is 4.12. The molecular weight excluding hydrogens is 342 g/mol. The number of nitrogens with zero attached hydrogens (tertiary/aromatic N) is 1. The number of carbonyl (C=O) groups excluding carboxylic acids is 1. The minimum absolute atomic E-state index is 0.0480. The lowest BCUT2D eigenvalue weighted by atomic mass is 10.1. The minimum Gasteiger partial charge on any atom is -0.504 e. The van der Waals surface area contributed by atoms with Crippen molar-refractivity contribution in [3.05, 3.63) is 66.2 Å². The Morgan fingerprint density at radius 1 is 1.11 bits per heavy atom. The summed E-state index contributed by atoms with van der Waals surface area (Å²) in [4.78, 5) is 12.2. The molecule has 6 nitrogen and oxygen atoms in total. The Bertz CT molecular complexity index is 985. The highest BCUT2D eigenvalue weighted by molar-refractivity contribution is 5.89. The number of hydrogen-bond donors (Lipinski definition) is 3. The van der Waals surface area contributed by atoms with E-state index in [-0.39, 0.29) is 11.7 Å². The van der Waals surface area contributed by atoms with Crippen molar-refractivity contribution in [3.63, 3.8) is 0 Å². The lowest BCUT2D eigenvalue weighted by Crippen LogP contribution is -2.34. The Labute approximate surface area is 157 Å². The molecule has 1 atom stereocenters. The molecule has 0 aliphatic heterocycles. The van der Waals surface area contributed by atoms with Gasteiger partial charge < -0.3 is 15.2 Å². The lowest BCUT2D eigenvalue weighted by Gasteiger charge is -2.14. The number of amides is 1. The Balaban J connectivity index is 1.59. The van der Waals surface area contributed by atoms with Gasteiger partial charge in [0.05, 0.1) is 13.3 Å². The average molecular weight is 363 g/mol. The molecule has 0 aliphatic rings. The van der Waals surface area contributed by atoms with Crippen LogP contribution in [0.2, 0.25) is 0 Å². The molecule has 3 aromatic rings. The van der Waals surface area contributed by atoms with Crippen molar-refractivity contribution in [3.8, 4) is 11.5 Å². The van der Waals surface area contributed by atoms with E-state index >= 15 is 0 Å². The Kier molecular flexibility index (Phi) is 5.56. The standard InChI is InChI=1S/C21H21N3O3/c1-14(23-18-9-8-16-5-3-4-6-17(16)12-18)21(26)24-22-13-15-7-10-19(25)20(11-15)27-2/h3-14,23,25H,1-2H3,(H,24,26)/b22-13+/t14-/m1/s1. The molecule has 0 aliphatic carbocycles. The molecule has 138 valence electrons. The summed E-state index contributed by atoms with van der Waals surface area (Å²) in [7, 11) is 1.47. The highest BCUT2D eigenvalue weighted by atomic mass is 16.5. The van der Waals surface area contributed by atoms with Gasteiger partial charge in [0.25, 0.3) is 5.91 Å². The third kappa shape index (κ3) is 4.55. The predicted octanol–water partition coefficient (Wildman–Crippen LogP) is 3.50. The first kappa shape index (κ1) is 18.3. The number of anilines is 1. The maximum Gasteiger partial charge on any atom is 0.262 e. The molecule has 0 saturated heterocycles. The van der Waals surface area contributed by atoms with Crippen molar-refractivity contribution in [2.24, 2.45) is 5.10 Å². The summed E-state index contributed by atoms with van der Waals surface area (Å²) in [5.74, 6) is 0.133. The van der Waals surface area contributed by atoms with Gasteiger partial charge in [0.15, 0.2) is 11.5 Å². The average Bonchev–Trinajstić information content (AvgIpc) is 2.69. The maximum absolute atomic E-state index is 12.2. The predicted molar refractivity (Wildman–Crippen MR) is 107 cm³/mol. The molecule has 3 N–H and O–H groups in total. The van der Waals surface area contributed by atoms with Gasteiger partial charge in [0, 0.05) is 5.69 Å². The molecule has 0 heterocycles. The van der Waals surface area contributed by atoms with Crippen molar-refractivity contribution < 1.29 is 14.6 Å². The zero-order chi connectivity index (χ0) is 19.2. The zero-order valence-electron chi connectivity index (χ0n) is 15.1. The number of benzene rings is 3. The number of hydrazone groups is 1. The van der Waals surface area contributed by atoms with Crippen LogP contribution in [0.4, 0.5) is 5.69 Å². The topological polar surface area (TPSA) is 83.0 Å². The highest BCUT2D eigenvalue weighted by Crippen LogP contribution is 2.25. The number of nitrogens with one attached hydrogen (secondary N) is 2. The van der Waals surface area contributed by atoms with Crippen molar-refractivity contribution in [2.45, 2.75) is 13.0 Å². The minimum atomic E-state index is -0.460. The van der Waals surface area contributed by atoms with Crippen molar-refractivity contribution >= 4 is 28.6 Å². The van der Waals surface area contributed by atoms with Gasteiger partial charge in [0.2, 0.25) is 0 Å². The molecule has 0 spiro atoms. The van der Waals surface area contributed by atoms with Crippen LogP contribution < -0.4 is 15.5 Å². The first-order valence-corrected chi connectivity index (χ1v) is 8.52. The molecule has 27 heavy (non-hydrogen) atoms. The first-order chi connectivity index (χ1) is 13.1. The molecule has 3 rings (SSSR count). The van der Waals surface area contributed by atoms with Gasteiger partial charge in [-0.05, 0) is 53.6 Å².